The Morgan fingerprint density at radius 3 is 1.78 bits per heavy atom. The molecule has 0 radical (unpaired) electrons. The fraction of sp³-hybridized carbons (Fsp3) is 1.00. The highest BCUT2D eigenvalue weighted by molar-refractivity contribution is 6.65. The Labute approximate surface area is 146 Å². The topological polar surface area (TPSA) is 21.7 Å². The fourth-order valence-corrected chi connectivity index (χ4v) is 7.27. The Morgan fingerprint density at radius 2 is 1.26 bits per heavy atom. The Balaban J connectivity index is 2.07. The predicted molar refractivity (Wildman–Crippen MR) is 102 cm³/mol. The van der Waals surface area contributed by atoms with Gasteiger partial charge in [-0.1, -0.05) is 64.7 Å². The van der Waals surface area contributed by atoms with E-state index in [1.807, 2.05) is 0 Å². The summed E-state index contributed by atoms with van der Waals surface area (Å²) in [5, 5.41) is 0. The molecule has 1 fully saturated rings. The molecule has 1 aliphatic heterocycles. The van der Waals surface area contributed by atoms with Gasteiger partial charge < -0.3 is 8.85 Å². The molecule has 1 heterocycles. The van der Waals surface area contributed by atoms with Crippen LogP contribution in [0.3, 0.4) is 0 Å². The van der Waals surface area contributed by atoms with E-state index in [0.717, 1.165) is 19.3 Å². The molecule has 0 aliphatic carbocycles. The van der Waals surface area contributed by atoms with Gasteiger partial charge in [-0.05, 0) is 39.8 Å². The van der Waals surface area contributed by atoms with Gasteiger partial charge in [-0.25, -0.2) is 0 Å². The summed E-state index contributed by atoms with van der Waals surface area (Å²) in [6.07, 6.45) is 15.3. The summed E-state index contributed by atoms with van der Waals surface area (Å²) in [4.78, 5) is 0. The lowest BCUT2D eigenvalue weighted by Gasteiger charge is -2.34. The predicted octanol–water partition coefficient (Wildman–Crippen LogP) is 5.62. The first-order valence-corrected chi connectivity index (χ1v) is 12.3. The zero-order valence-electron chi connectivity index (χ0n) is 16.1. The number of hydrogen-bond acceptors (Lipinski definition) is 3. The molecule has 1 saturated heterocycles. The van der Waals surface area contributed by atoms with Crippen molar-refractivity contribution in [3.63, 3.8) is 0 Å². The maximum atomic E-state index is 6.13. The molecule has 0 bridgehead atoms. The van der Waals surface area contributed by atoms with Gasteiger partial charge in [0.2, 0.25) is 0 Å². The second-order valence-electron chi connectivity index (χ2n) is 6.85. The van der Waals surface area contributed by atoms with Crippen molar-refractivity contribution in [2.24, 2.45) is 0 Å². The first-order valence-electron chi connectivity index (χ1n) is 10.3. The molecule has 23 heavy (non-hydrogen) atoms. The number of unbranched alkanes of at least 4 members (excludes halogenated alkanes) is 9. The van der Waals surface area contributed by atoms with Crippen LogP contribution in [0.15, 0.2) is 0 Å². The Bertz CT molecular complexity index is 270. The summed E-state index contributed by atoms with van der Waals surface area (Å²) in [5.41, 5.74) is 0. The SMILES string of the molecule is CCCCCCCCCCCCN1CCC[Si]1(OCC)OCC. The average molecular weight is 344 g/mol. The van der Waals surface area contributed by atoms with Gasteiger partial charge in [-0.15, -0.1) is 0 Å². The lowest BCUT2D eigenvalue weighted by atomic mass is 10.1. The van der Waals surface area contributed by atoms with Gasteiger partial charge in [-0.2, -0.15) is 0 Å². The van der Waals surface area contributed by atoms with Crippen molar-refractivity contribution in [3.05, 3.63) is 0 Å². The van der Waals surface area contributed by atoms with Crippen molar-refractivity contribution < 1.29 is 8.85 Å². The average Bonchev–Trinajstić information content (AvgIpc) is 2.92. The van der Waals surface area contributed by atoms with E-state index in [1.165, 1.54) is 83.7 Å². The molecule has 0 aromatic carbocycles. The molecule has 0 aromatic rings. The van der Waals surface area contributed by atoms with E-state index in [4.69, 9.17) is 8.85 Å². The second kappa shape index (κ2) is 13.4. The maximum Gasteiger partial charge on any atom is 0.427 e. The van der Waals surface area contributed by atoms with Crippen LogP contribution in [-0.2, 0) is 8.85 Å². The van der Waals surface area contributed by atoms with Gasteiger partial charge in [0, 0.05) is 19.3 Å². The second-order valence-corrected chi connectivity index (χ2v) is 9.99. The molecular formula is C19H41NO2Si. The minimum Gasteiger partial charge on any atom is -0.383 e. The molecule has 0 unspecified atom stereocenters. The van der Waals surface area contributed by atoms with Crippen LogP contribution in [0.4, 0.5) is 0 Å². The van der Waals surface area contributed by atoms with Crippen LogP contribution >= 0.6 is 0 Å². The monoisotopic (exact) mass is 343 g/mol. The Kier molecular flexibility index (Phi) is 12.3. The zero-order chi connectivity index (χ0) is 16.8. The normalized spacial score (nSPS) is 17.9. The molecule has 0 atom stereocenters. The quantitative estimate of drug-likeness (QED) is 0.284. The van der Waals surface area contributed by atoms with E-state index >= 15 is 0 Å². The summed E-state index contributed by atoms with van der Waals surface area (Å²) in [6, 6.07) is 1.16. The van der Waals surface area contributed by atoms with E-state index in [1.54, 1.807) is 0 Å². The van der Waals surface area contributed by atoms with E-state index in [9.17, 15) is 0 Å². The van der Waals surface area contributed by atoms with Crippen LogP contribution in [0.5, 0.6) is 0 Å². The highest BCUT2D eigenvalue weighted by atomic mass is 28.4. The maximum absolute atomic E-state index is 6.13. The summed E-state index contributed by atoms with van der Waals surface area (Å²) in [7, 11) is -2.02. The fourth-order valence-electron chi connectivity index (χ4n) is 3.71. The standard InChI is InChI=1S/C19H41NO2Si/c1-4-7-8-9-10-11-12-13-14-15-17-20-18-16-19-23(20,21-5-2)22-6-3/h4-19H2,1-3H3. The third kappa shape index (κ3) is 8.15. The summed E-state index contributed by atoms with van der Waals surface area (Å²) >= 11 is 0. The van der Waals surface area contributed by atoms with Crippen LogP contribution in [0.2, 0.25) is 6.04 Å². The molecule has 4 heteroatoms. The number of nitrogens with zero attached hydrogens (tertiary/aromatic N) is 1. The lowest BCUT2D eigenvalue weighted by molar-refractivity contribution is 0.135. The Hall–Kier alpha value is 0.0969. The zero-order valence-corrected chi connectivity index (χ0v) is 17.1. The van der Waals surface area contributed by atoms with Crippen LogP contribution in [-0.4, -0.2) is 39.6 Å². The minimum absolute atomic E-state index is 0.792. The van der Waals surface area contributed by atoms with Crippen molar-refractivity contribution in [2.45, 2.75) is 97.4 Å². The minimum atomic E-state index is -2.02. The van der Waals surface area contributed by atoms with E-state index in [2.05, 4.69) is 25.3 Å². The molecular weight excluding hydrogens is 302 g/mol. The lowest BCUT2D eigenvalue weighted by Crippen LogP contribution is -2.54. The molecule has 1 aliphatic rings. The third-order valence-corrected chi connectivity index (χ3v) is 8.80. The molecule has 3 nitrogen and oxygen atoms in total. The van der Waals surface area contributed by atoms with E-state index in [0.29, 0.717) is 0 Å². The van der Waals surface area contributed by atoms with Crippen molar-refractivity contribution >= 4 is 8.72 Å². The van der Waals surface area contributed by atoms with Gasteiger partial charge in [0.15, 0.2) is 0 Å². The smallest absolute Gasteiger partial charge is 0.383 e. The van der Waals surface area contributed by atoms with Gasteiger partial charge in [0.05, 0.1) is 0 Å². The van der Waals surface area contributed by atoms with Crippen molar-refractivity contribution in [1.82, 2.24) is 4.57 Å². The molecule has 0 aromatic heterocycles. The third-order valence-electron chi connectivity index (χ3n) is 4.92. The van der Waals surface area contributed by atoms with E-state index < -0.39 is 8.72 Å². The first kappa shape index (κ1) is 21.1. The van der Waals surface area contributed by atoms with Crippen LogP contribution < -0.4 is 0 Å². The van der Waals surface area contributed by atoms with Gasteiger partial charge >= 0.3 is 8.72 Å². The molecule has 0 N–H and O–H groups in total. The van der Waals surface area contributed by atoms with Crippen molar-refractivity contribution in [3.8, 4) is 0 Å². The highest BCUT2D eigenvalue weighted by Gasteiger charge is 2.48. The van der Waals surface area contributed by atoms with Gasteiger partial charge in [-0.3, -0.25) is 4.57 Å². The molecule has 0 spiro atoms. The molecule has 0 amide bonds. The van der Waals surface area contributed by atoms with Crippen molar-refractivity contribution in [2.75, 3.05) is 26.3 Å². The van der Waals surface area contributed by atoms with Gasteiger partial charge in [0.1, 0.15) is 0 Å². The molecule has 0 saturated carbocycles. The first-order chi connectivity index (χ1) is 11.3. The van der Waals surface area contributed by atoms with E-state index in [-0.39, 0.29) is 0 Å². The molecule has 138 valence electrons. The summed E-state index contributed by atoms with van der Waals surface area (Å²) < 4.78 is 14.8. The van der Waals surface area contributed by atoms with Crippen LogP contribution in [0.25, 0.3) is 0 Å². The summed E-state index contributed by atoms with van der Waals surface area (Å²) in [5.74, 6) is 0. The van der Waals surface area contributed by atoms with Crippen molar-refractivity contribution in [1.29, 1.82) is 0 Å². The van der Waals surface area contributed by atoms with Crippen LogP contribution in [0.1, 0.15) is 91.4 Å². The van der Waals surface area contributed by atoms with Gasteiger partial charge in [0.25, 0.3) is 0 Å². The highest BCUT2D eigenvalue weighted by Crippen LogP contribution is 2.28. The Morgan fingerprint density at radius 1 is 0.739 bits per heavy atom. The number of hydrogen-bond donors (Lipinski definition) is 0. The summed E-state index contributed by atoms with van der Waals surface area (Å²) in [6.45, 7) is 10.4. The molecule has 1 rings (SSSR count). The van der Waals surface area contributed by atoms with Crippen LogP contribution in [0, 0.1) is 0 Å². The largest absolute Gasteiger partial charge is 0.427 e. The number of rotatable bonds is 15.